The number of rotatable bonds is 5. The second kappa shape index (κ2) is 7.82. The molecule has 2 aromatic heterocycles. The van der Waals surface area contributed by atoms with E-state index in [0.29, 0.717) is 17.9 Å². The Morgan fingerprint density at radius 2 is 2.00 bits per heavy atom. The second-order valence-electron chi connectivity index (χ2n) is 6.74. The molecule has 0 radical (unpaired) electrons. The van der Waals surface area contributed by atoms with E-state index in [1.807, 2.05) is 0 Å². The van der Waals surface area contributed by atoms with Gasteiger partial charge < -0.3 is 19.2 Å². The molecule has 0 aromatic carbocycles. The van der Waals surface area contributed by atoms with Crippen molar-refractivity contribution in [3.63, 3.8) is 0 Å². The van der Waals surface area contributed by atoms with Crippen LogP contribution in [0.5, 0.6) is 0 Å². The quantitative estimate of drug-likeness (QED) is 0.836. The van der Waals surface area contributed by atoms with E-state index < -0.39 is 0 Å². The number of nitrogens with zero attached hydrogens (tertiary/aromatic N) is 3. The lowest BCUT2D eigenvalue weighted by molar-refractivity contribution is 0.0951. The molecule has 0 saturated carbocycles. The minimum Gasteiger partial charge on any atom is -0.442 e. The van der Waals surface area contributed by atoms with Crippen LogP contribution in [-0.2, 0) is 7.05 Å². The Balaban J connectivity index is 1.62. The van der Waals surface area contributed by atoms with E-state index in [1.54, 1.807) is 14.0 Å². The highest BCUT2D eigenvalue weighted by Gasteiger charge is 2.22. The van der Waals surface area contributed by atoms with Gasteiger partial charge in [-0.25, -0.2) is 4.98 Å². The summed E-state index contributed by atoms with van der Waals surface area (Å²) in [6.07, 6.45) is 7.48. The van der Waals surface area contributed by atoms with E-state index in [-0.39, 0.29) is 22.6 Å². The summed E-state index contributed by atoms with van der Waals surface area (Å²) < 4.78 is 6.83. The van der Waals surface area contributed by atoms with Crippen molar-refractivity contribution in [2.75, 3.05) is 26.2 Å². The molecule has 3 heterocycles. The molecule has 1 aliphatic rings. The van der Waals surface area contributed by atoms with Crippen LogP contribution in [0.4, 0.5) is 0 Å². The average Bonchev–Trinajstić information content (AvgIpc) is 2.76. The molecule has 25 heavy (non-hydrogen) atoms. The van der Waals surface area contributed by atoms with Crippen molar-refractivity contribution in [3.8, 4) is 0 Å². The molecule has 0 atom stereocenters. The second-order valence-corrected chi connectivity index (χ2v) is 6.74. The molecule has 1 saturated heterocycles. The van der Waals surface area contributed by atoms with E-state index in [4.69, 9.17) is 4.42 Å². The van der Waals surface area contributed by atoms with Crippen molar-refractivity contribution < 1.29 is 9.21 Å². The fourth-order valence-electron chi connectivity index (χ4n) is 3.41. The van der Waals surface area contributed by atoms with Crippen molar-refractivity contribution in [3.05, 3.63) is 28.0 Å². The monoisotopic (exact) mass is 346 g/mol. The minimum absolute atomic E-state index is 0.218. The molecule has 0 bridgehead atoms. The molecule has 7 heteroatoms. The van der Waals surface area contributed by atoms with Crippen molar-refractivity contribution in [1.29, 1.82) is 0 Å². The molecule has 2 aromatic rings. The maximum atomic E-state index is 12.5. The highest BCUT2D eigenvalue weighted by Crippen LogP contribution is 2.20. The summed E-state index contributed by atoms with van der Waals surface area (Å²) in [5.74, 6) is 0.160. The van der Waals surface area contributed by atoms with Crippen LogP contribution in [0.15, 0.2) is 15.5 Å². The highest BCUT2D eigenvalue weighted by atomic mass is 16.3. The van der Waals surface area contributed by atoms with E-state index in [2.05, 4.69) is 15.2 Å². The molecule has 0 aliphatic carbocycles. The van der Waals surface area contributed by atoms with Crippen LogP contribution in [0.1, 0.15) is 48.2 Å². The third kappa shape index (κ3) is 3.92. The number of nitrogens with one attached hydrogen (secondary N) is 1. The zero-order valence-corrected chi connectivity index (χ0v) is 15.0. The van der Waals surface area contributed by atoms with Crippen LogP contribution in [0.2, 0.25) is 0 Å². The van der Waals surface area contributed by atoms with Gasteiger partial charge in [0.2, 0.25) is 5.71 Å². The lowest BCUT2D eigenvalue weighted by Gasteiger charge is -2.19. The fraction of sp³-hybridized carbons (Fsp3) is 0.611. The Kier molecular flexibility index (Phi) is 5.53. The standard InChI is InChI=1S/C18H26N4O3/c1-13-14(15-17(25-13)20-12-21(2)18(15)24)16(23)19-8-7-11-22-9-5-3-4-6-10-22/h12H,3-11H2,1-2H3,(H,19,23). The van der Waals surface area contributed by atoms with E-state index in [1.165, 1.54) is 36.6 Å². The Morgan fingerprint density at radius 3 is 2.72 bits per heavy atom. The first-order chi connectivity index (χ1) is 12.1. The summed E-state index contributed by atoms with van der Waals surface area (Å²) in [7, 11) is 1.61. The number of likely N-dealkylation sites (tertiary alicyclic amines) is 1. The maximum Gasteiger partial charge on any atom is 0.265 e. The predicted octanol–water partition coefficient (Wildman–Crippen LogP) is 1.83. The minimum atomic E-state index is -0.267. The van der Waals surface area contributed by atoms with Crippen LogP contribution in [0, 0.1) is 6.92 Å². The van der Waals surface area contributed by atoms with Gasteiger partial charge in [0.1, 0.15) is 17.5 Å². The molecule has 7 nitrogen and oxygen atoms in total. The normalized spacial score (nSPS) is 16.1. The van der Waals surface area contributed by atoms with Gasteiger partial charge >= 0.3 is 0 Å². The lowest BCUT2D eigenvalue weighted by atomic mass is 10.1. The Bertz CT molecular complexity index is 800. The molecule has 0 unspecified atom stereocenters. The van der Waals surface area contributed by atoms with Crippen LogP contribution in [-0.4, -0.2) is 46.5 Å². The highest BCUT2D eigenvalue weighted by molar-refractivity contribution is 6.06. The largest absolute Gasteiger partial charge is 0.442 e. The van der Waals surface area contributed by atoms with Crippen molar-refractivity contribution in [2.45, 2.75) is 39.0 Å². The zero-order chi connectivity index (χ0) is 17.8. The third-order valence-electron chi connectivity index (χ3n) is 4.81. The molecule has 136 valence electrons. The van der Waals surface area contributed by atoms with Gasteiger partial charge in [-0.05, 0) is 45.8 Å². The molecular weight excluding hydrogens is 320 g/mol. The number of aryl methyl sites for hydroxylation is 2. The number of carbonyl (C=O) groups is 1. The van der Waals surface area contributed by atoms with Gasteiger partial charge in [-0.1, -0.05) is 12.8 Å². The Morgan fingerprint density at radius 1 is 1.28 bits per heavy atom. The van der Waals surface area contributed by atoms with Gasteiger partial charge in [-0.15, -0.1) is 0 Å². The molecular formula is C18H26N4O3. The van der Waals surface area contributed by atoms with E-state index in [0.717, 1.165) is 26.1 Å². The zero-order valence-electron chi connectivity index (χ0n) is 15.0. The van der Waals surface area contributed by atoms with Crippen molar-refractivity contribution in [1.82, 2.24) is 19.8 Å². The Labute approximate surface area is 147 Å². The summed E-state index contributed by atoms with van der Waals surface area (Å²) >= 11 is 0. The van der Waals surface area contributed by atoms with Gasteiger partial charge in [-0.3, -0.25) is 9.59 Å². The molecule has 1 fully saturated rings. The first-order valence-corrected chi connectivity index (χ1v) is 9.03. The summed E-state index contributed by atoms with van der Waals surface area (Å²) in [6.45, 7) is 5.58. The van der Waals surface area contributed by atoms with Crippen LogP contribution >= 0.6 is 0 Å². The van der Waals surface area contributed by atoms with E-state index >= 15 is 0 Å². The third-order valence-corrected chi connectivity index (χ3v) is 4.81. The number of carbonyl (C=O) groups excluding carboxylic acids is 1. The van der Waals surface area contributed by atoms with Gasteiger partial charge in [0.05, 0.1) is 5.56 Å². The number of fused-ring (bicyclic) bond motifs is 1. The Hall–Kier alpha value is -2.15. The molecule has 1 N–H and O–H groups in total. The summed E-state index contributed by atoms with van der Waals surface area (Å²) in [5.41, 5.74) is 0.255. The number of hydrogen-bond acceptors (Lipinski definition) is 5. The van der Waals surface area contributed by atoms with Gasteiger partial charge in [-0.2, -0.15) is 0 Å². The van der Waals surface area contributed by atoms with Crippen LogP contribution in [0.3, 0.4) is 0 Å². The molecule has 1 aliphatic heterocycles. The number of aromatic nitrogens is 2. The predicted molar refractivity (Wildman–Crippen MR) is 95.8 cm³/mol. The van der Waals surface area contributed by atoms with Gasteiger partial charge in [0.25, 0.3) is 11.5 Å². The van der Waals surface area contributed by atoms with E-state index in [9.17, 15) is 9.59 Å². The average molecular weight is 346 g/mol. The smallest absolute Gasteiger partial charge is 0.265 e. The number of amides is 1. The molecule has 0 spiro atoms. The first-order valence-electron chi connectivity index (χ1n) is 9.03. The van der Waals surface area contributed by atoms with Crippen molar-refractivity contribution >= 4 is 17.0 Å². The van der Waals surface area contributed by atoms with Gasteiger partial charge in [0, 0.05) is 13.6 Å². The topological polar surface area (TPSA) is 80.4 Å². The number of hydrogen-bond donors (Lipinski definition) is 1. The van der Waals surface area contributed by atoms with Crippen LogP contribution in [0.25, 0.3) is 11.1 Å². The van der Waals surface area contributed by atoms with Gasteiger partial charge in [0.15, 0.2) is 0 Å². The SMILES string of the molecule is Cc1oc2ncn(C)c(=O)c2c1C(=O)NCCCN1CCCCCC1. The van der Waals surface area contributed by atoms with Crippen LogP contribution < -0.4 is 10.9 Å². The number of furan rings is 1. The fourth-order valence-corrected chi connectivity index (χ4v) is 3.41. The molecule has 1 amide bonds. The lowest BCUT2D eigenvalue weighted by Crippen LogP contribution is -2.31. The first kappa shape index (κ1) is 17.7. The summed E-state index contributed by atoms with van der Waals surface area (Å²) in [5, 5.41) is 3.18. The van der Waals surface area contributed by atoms with Crippen molar-refractivity contribution in [2.24, 2.45) is 7.05 Å². The maximum absolute atomic E-state index is 12.5. The summed E-state index contributed by atoms with van der Waals surface area (Å²) in [4.78, 5) is 31.4. The molecule has 3 rings (SSSR count). The summed E-state index contributed by atoms with van der Waals surface area (Å²) in [6, 6.07) is 0.